The van der Waals surface area contributed by atoms with Crippen LogP contribution in [0.1, 0.15) is 22.8 Å². The molecule has 7 nitrogen and oxygen atoms in total. The van der Waals surface area contributed by atoms with Crippen LogP contribution in [0.4, 0.5) is 5.13 Å². The molecule has 2 heterocycles. The van der Waals surface area contributed by atoms with E-state index in [-0.39, 0.29) is 23.8 Å². The van der Waals surface area contributed by atoms with Crippen molar-refractivity contribution in [2.45, 2.75) is 20.0 Å². The van der Waals surface area contributed by atoms with Crippen molar-refractivity contribution in [1.29, 1.82) is 0 Å². The summed E-state index contributed by atoms with van der Waals surface area (Å²) in [5, 5.41) is 5.05. The van der Waals surface area contributed by atoms with Crippen molar-refractivity contribution >= 4 is 22.4 Å². The first kappa shape index (κ1) is 19.8. The fourth-order valence-electron chi connectivity index (χ4n) is 2.45. The van der Waals surface area contributed by atoms with Gasteiger partial charge < -0.3 is 14.2 Å². The minimum Gasteiger partial charge on any atom is -0.472 e. The summed E-state index contributed by atoms with van der Waals surface area (Å²) >= 11 is 1.34. The van der Waals surface area contributed by atoms with E-state index in [1.165, 1.54) is 11.3 Å². The fraction of sp³-hybridized carbons (Fsp3) is 0.250. The number of pyridine rings is 1. The van der Waals surface area contributed by atoms with Gasteiger partial charge in [-0.3, -0.25) is 10.1 Å². The number of methoxy groups -OCH3 is 1. The molecule has 0 aliphatic rings. The van der Waals surface area contributed by atoms with Crippen LogP contribution in [0.25, 0.3) is 0 Å². The maximum atomic E-state index is 12.6. The van der Waals surface area contributed by atoms with Crippen molar-refractivity contribution in [3.63, 3.8) is 0 Å². The van der Waals surface area contributed by atoms with E-state index in [1.807, 2.05) is 38.1 Å². The van der Waals surface area contributed by atoms with Crippen LogP contribution in [0, 0.1) is 6.92 Å². The predicted octanol–water partition coefficient (Wildman–Crippen LogP) is 4.30. The highest BCUT2D eigenvalue weighted by atomic mass is 32.1. The van der Waals surface area contributed by atoms with E-state index in [1.54, 1.807) is 30.8 Å². The lowest BCUT2D eigenvalue weighted by Crippen LogP contribution is -2.19. The molecule has 0 saturated heterocycles. The van der Waals surface area contributed by atoms with Crippen LogP contribution in [-0.2, 0) is 4.74 Å². The molecular formula is C20H21N3O4S. The van der Waals surface area contributed by atoms with E-state index in [4.69, 9.17) is 14.2 Å². The highest BCUT2D eigenvalue weighted by Crippen LogP contribution is 2.25. The lowest BCUT2D eigenvalue weighted by Gasteiger charge is -2.15. The second kappa shape index (κ2) is 9.29. The number of carbonyl (C=O) groups excluding carboxylic acids is 1. The van der Waals surface area contributed by atoms with Gasteiger partial charge in [0.1, 0.15) is 11.9 Å². The predicted molar refractivity (Wildman–Crippen MR) is 108 cm³/mol. The number of carbonyl (C=O) groups is 1. The molecule has 1 atom stereocenters. The van der Waals surface area contributed by atoms with Crippen LogP contribution in [0.15, 0.2) is 48.0 Å². The molecule has 0 aliphatic carbocycles. The first-order valence-corrected chi connectivity index (χ1v) is 9.54. The van der Waals surface area contributed by atoms with Crippen LogP contribution < -0.4 is 14.8 Å². The second-order valence-electron chi connectivity index (χ2n) is 6.13. The van der Waals surface area contributed by atoms with Gasteiger partial charge in [-0.05, 0) is 31.5 Å². The third kappa shape index (κ3) is 5.51. The number of hydrogen-bond acceptors (Lipinski definition) is 7. The maximum absolute atomic E-state index is 12.6. The van der Waals surface area contributed by atoms with Crippen LogP contribution in [0.2, 0.25) is 0 Å². The Bertz CT molecular complexity index is 931. The van der Waals surface area contributed by atoms with Crippen molar-refractivity contribution in [1.82, 2.24) is 9.97 Å². The van der Waals surface area contributed by atoms with Gasteiger partial charge >= 0.3 is 0 Å². The van der Waals surface area contributed by atoms with E-state index in [2.05, 4.69) is 15.3 Å². The number of nitrogens with one attached hydrogen (secondary N) is 1. The minimum atomic E-state index is -0.323. The molecule has 1 amide bonds. The van der Waals surface area contributed by atoms with Gasteiger partial charge in [0.25, 0.3) is 5.91 Å². The van der Waals surface area contributed by atoms with Crippen molar-refractivity contribution < 1.29 is 19.0 Å². The zero-order valence-corrected chi connectivity index (χ0v) is 16.7. The summed E-state index contributed by atoms with van der Waals surface area (Å²) in [6.45, 7) is 4.22. The Morgan fingerprint density at radius 2 is 2.07 bits per heavy atom. The molecule has 1 aromatic carbocycles. The third-order valence-corrected chi connectivity index (χ3v) is 4.32. The van der Waals surface area contributed by atoms with Gasteiger partial charge in [-0.15, -0.1) is 11.3 Å². The summed E-state index contributed by atoms with van der Waals surface area (Å²) in [6, 6.07) is 10.7. The highest BCUT2D eigenvalue weighted by Gasteiger charge is 2.15. The zero-order chi connectivity index (χ0) is 19.9. The van der Waals surface area contributed by atoms with Gasteiger partial charge in [-0.2, -0.15) is 4.98 Å². The number of hydrogen-bond donors (Lipinski definition) is 1. The summed E-state index contributed by atoms with van der Waals surface area (Å²) in [7, 11) is 1.59. The number of thiazole rings is 1. The molecule has 28 heavy (non-hydrogen) atoms. The summed E-state index contributed by atoms with van der Waals surface area (Å²) in [4.78, 5) is 21.1. The van der Waals surface area contributed by atoms with Crippen molar-refractivity contribution in [3.8, 4) is 17.5 Å². The summed E-state index contributed by atoms with van der Waals surface area (Å²) in [5.41, 5.74) is 1.41. The highest BCUT2D eigenvalue weighted by molar-refractivity contribution is 7.13. The molecule has 146 valence electrons. The molecule has 0 unspecified atom stereocenters. The van der Waals surface area contributed by atoms with Gasteiger partial charge in [0.15, 0.2) is 5.13 Å². The van der Waals surface area contributed by atoms with Gasteiger partial charge in [0.2, 0.25) is 11.8 Å². The number of amides is 1. The Labute approximate surface area is 167 Å². The molecule has 2 aromatic heterocycles. The first-order valence-electron chi connectivity index (χ1n) is 8.66. The third-order valence-electron chi connectivity index (χ3n) is 3.63. The summed E-state index contributed by atoms with van der Waals surface area (Å²) in [6.07, 6.45) is 1.39. The number of nitrogens with zero attached hydrogens (tertiary/aromatic N) is 2. The Kier molecular flexibility index (Phi) is 6.57. The van der Waals surface area contributed by atoms with Gasteiger partial charge in [-0.1, -0.05) is 12.1 Å². The van der Waals surface area contributed by atoms with Crippen LogP contribution in [0.5, 0.6) is 17.5 Å². The average Bonchev–Trinajstić information content (AvgIpc) is 3.14. The van der Waals surface area contributed by atoms with Gasteiger partial charge in [-0.25, -0.2) is 4.98 Å². The van der Waals surface area contributed by atoms with Gasteiger partial charge in [0, 0.05) is 30.8 Å². The Balaban J connectivity index is 1.87. The van der Waals surface area contributed by atoms with Crippen LogP contribution in [0.3, 0.4) is 0 Å². The topological polar surface area (TPSA) is 82.6 Å². The van der Waals surface area contributed by atoms with Gasteiger partial charge in [0.05, 0.1) is 12.2 Å². The van der Waals surface area contributed by atoms with Crippen molar-refractivity contribution in [2.75, 3.05) is 19.0 Å². The van der Waals surface area contributed by atoms with E-state index in [0.717, 1.165) is 5.56 Å². The normalized spacial score (nSPS) is 11.7. The molecule has 3 rings (SSSR count). The second-order valence-corrected chi connectivity index (χ2v) is 7.02. The van der Waals surface area contributed by atoms with E-state index in [9.17, 15) is 4.79 Å². The molecule has 0 bridgehead atoms. The Hall–Kier alpha value is -2.97. The maximum Gasteiger partial charge on any atom is 0.257 e. The number of anilines is 1. The molecule has 0 radical (unpaired) electrons. The summed E-state index contributed by atoms with van der Waals surface area (Å²) < 4.78 is 16.7. The number of aryl methyl sites for hydroxylation is 1. The number of rotatable bonds is 8. The molecule has 3 aromatic rings. The minimum absolute atomic E-state index is 0.235. The lowest BCUT2D eigenvalue weighted by atomic mass is 10.2. The van der Waals surface area contributed by atoms with E-state index in [0.29, 0.717) is 23.1 Å². The fourth-order valence-corrected chi connectivity index (χ4v) is 2.98. The zero-order valence-electron chi connectivity index (χ0n) is 15.8. The molecule has 0 saturated carbocycles. The standard InChI is InChI=1S/C20H21N3O4S/c1-13-5-4-6-16(9-13)27-18-11-15(19(24)23-20-21-7-8-28-20)10-17(22-18)26-14(2)12-25-3/h4-11,14H,12H2,1-3H3,(H,21,23,24)/t14-/m1/s1. The number of aromatic nitrogens is 2. The number of benzene rings is 1. The average molecular weight is 399 g/mol. The smallest absolute Gasteiger partial charge is 0.257 e. The van der Waals surface area contributed by atoms with Crippen molar-refractivity contribution in [3.05, 3.63) is 59.1 Å². The largest absolute Gasteiger partial charge is 0.472 e. The Morgan fingerprint density at radius 1 is 1.25 bits per heavy atom. The summed E-state index contributed by atoms with van der Waals surface area (Å²) in [5.74, 6) is 0.840. The molecular weight excluding hydrogens is 378 g/mol. The molecule has 1 N–H and O–H groups in total. The molecule has 0 fully saturated rings. The lowest BCUT2D eigenvalue weighted by molar-refractivity contribution is 0.0882. The Morgan fingerprint density at radius 3 is 2.79 bits per heavy atom. The number of ether oxygens (including phenoxy) is 3. The quantitative estimate of drug-likeness (QED) is 0.608. The molecule has 0 aliphatic heterocycles. The SMILES string of the molecule is COC[C@@H](C)Oc1cc(C(=O)Nc2nccs2)cc(Oc2cccc(C)c2)n1. The molecule has 0 spiro atoms. The van der Waals surface area contributed by atoms with E-state index < -0.39 is 0 Å². The van der Waals surface area contributed by atoms with Crippen LogP contribution in [-0.4, -0.2) is 35.7 Å². The van der Waals surface area contributed by atoms with Crippen molar-refractivity contribution in [2.24, 2.45) is 0 Å². The first-order chi connectivity index (χ1) is 13.5. The molecule has 8 heteroatoms. The monoisotopic (exact) mass is 399 g/mol. The van der Waals surface area contributed by atoms with Crippen LogP contribution >= 0.6 is 11.3 Å². The van der Waals surface area contributed by atoms with E-state index >= 15 is 0 Å².